The first-order chi connectivity index (χ1) is 10.3. The van der Waals surface area contributed by atoms with Gasteiger partial charge in [-0.25, -0.2) is 0 Å². The highest BCUT2D eigenvalue weighted by atomic mass is 16.3. The van der Waals surface area contributed by atoms with Gasteiger partial charge >= 0.3 is 0 Å². The molecule has 0 aromatic heterocycles. The van der Waals surface area contributed by atoms with Crippen molar-refractivity contribution in [2.45, 2.75) is 38.7 Å². The van der Waals surface area contributed by atoms with E-state index < -0.39 is 6.10 Å². The minimum atomic E-state index is -0.528. The highest BCUT2D eigenvalue weighted by Gasteiger charge is 2.33. The molecule has 0 radical (unpaired) electrons. The quantitative estimate of drug-likeness (QED) is 0.749. The first-order valence-corrected chi connectivity index (χ1v) is 7.28. The maximum Gasteiger partial charge on any atom is 0.123 e. The number of benzene rings is 1. The molecule has 1 aromatic rings. The smallest absolute Gasteiger partial charge is 0.123 e. The Morgan fingerprint density at radius 3 is 2.45 bits per heavy atom. The van der Waals surface area contributed by atoms with E-state index in [9.17, 15) is 15.3 Å². The van der Waals surface area contributed by atoms with Crippen molar-refractivity contribution in [3.63, 3.8) is 0 Å². The molecule has 3 N–H and O–H groups in total. The van der Waals surface area contributed by atoms with Gasteiger partial charge in [0.2, 0.25) is 0 Å². The molecule has 22 heavy (non-hydrogen) atoms. The molecule has 0 saturated heterocycles. The van der Waals surface area contributed by atoms with Crippen LogP contribution in [0.5, 0.6) is 11.5 Å². The number of rotatable bonds is 3. The van der Waals surface area contributed by atoms with E-state index >= 15 is 0 Å². The summed E-state index contributed by atoms with van der Waals surface area (Å²) in [5.74, 6) is -0.349. The summed E-state index contributed by atoms with van der Waals surface area (Å²) in [6, 6.07) is 5.03. The van der Waals surface area contributed by atoms with Gasteiger partial charge in [-0.1, -0.05) is 18.2 Å². The van der Waals surface area contributed by atoms with E-state index in [0.717, 1.165) is 11.1 Å². The Labute approximate surface area is 130 Å². The zero-order chi connectivity index (χ0) is 16.4. The van der Waals surface area contributed by atoms with E-state index in [1.165, 1.54) is 12.1 Å². The molecular formula is C18H21NO3. The van der Waals surface area contributed by atoms with Crippen LogP contribution < -0.4 is 0 Å². The van der Waals surface area contributed by atoms with Crippen LogP contribution in [0.2, 0.25) is 0 Å². The minimum Gasteiger partial charge on any atom is -0.507 e. The zero-order valence-corrected chi connectivity index (χ0v) is 12.9. The van der Waals surface area contributed by atoms with Crippen LogP contribution in [0.3, 0.4) is 0 Å². The van der Waals surface area contributed by atoms with E-state index in [-0.39, 0.29) is 29.8 Å². The first kappa shape index (κ1) is 16.1. The van der Waals surface area contributed by atoms with Gasteiger partial charge in [-0.15, -0.1) is 0 Å². The summed E-state index contributed by atoms with van der Waals surface area (Å²) in [6.45, 7) is 7.70. The molecule has 1 aromatic carbocycles. The average Bonchev–Trinajstić information content (AvgIpc) is 2.41. The fourth-order valence-corrected chi connectivity index (χ4v) is 3.09. The number of allylic oxidation sites excluding steroid dienone is 2. The highest BCUT2D eigenvalue weighted by Crippen LogP contribution is 2.46. The Morgan fingerprint density at radius 2 is 1.95 bits per heavy atom. The molecule has 0 bridgehead atoms. The summed E-state index contributed by atoms with van der Waals surface area (Å²) in [5, 5.41) is 39.4. The monoisotopic (exact) mass is 299 g/mol. The molecule has 3 atom stereocenters. The second kappa shape index (κ2) is 6.25. The summed E-state index contributed by atoms with van der Waals surface area (Å²) >= 11 is 0. The van der Waals surface area contributed by atoms with E-state index in [4.69, 9.17) is 5.26 Å². The lowest BCUT2D eigenvalue weighted by atomic mass is 9.72. The van der Waals surface area contributed by atoms with Gasteiger partial charge in [0.15, 0.2) is 0 Å². The molecule has 0 spiro atoms. The maximum atomic E-state index is 10.3. The van der Waals surface area contributed by atoms with Crippen LogP contribution in [0.4, 0.5) is 0 Å². The number of aliphatic hydroxyl groups is 1. The number of phenolic OH excluding ortho intramolecular Hbond substituents is 2. The summed E-state index contributed by atoms with van der Waals surface area (Å²) in [4.78, 5) is 0. The molecule has 2 rings (SSSR count). The average molecular weight is 299 g/mol. The Morgan fingerprint density at radius 1 is 1.36 bits per heavy atom. The fraction of sp³-hybridized carbons (Fsp3) is 0.389. The van der Waals surface area contributed by atoms with Gasteiger partial charge in [0.05, 0.1) is 18.6 Å². The molecular weight excluding hydrogens is 278 g/mol. The third-order valence-electron chi connectivity index (χ3n) is 4.32. The lowest BCUT2D eigenvalue weighted by molar-refractivity contribution is 0.168. The zero-order valence-electron chi connectivity index (χ0n) is 12.9. The number of phenols is 2. The molecule has 0 heterocycles. The molecule has 0 aliphatic heterocycles. The molecule has 4 nitrogen and oxygen atoms in total. The van der Waals surface area contributed by atoms with Crippen molar-refractivity contribution in [1.82, 2.24) is 0 Å². The van der Waals surface area contributed by atoms with Crippen molar-refractivity contribution in [2.24, 2.45) is 5.92 Å². The van der Waals surface area contributed by atoms with Crippen molar-refractivity contribution in [3.05, 3.63) is 47.1 Å². The van der Waals surface area contributed by atoms with Crippen molar-refractivity contribution >= 4 is 0 Å². The Bertz CT molecular complexity index is 646. The third-order valence-corrected chi connectivity index (χ3v) is 4.32. The molecule has 1 aliphatic carbocycles. The Kier molecular flexibility index (Phi) is 4.58. The molecule has 116 valence electrons. The SMILES string of the molecule is C=C(C)[C@@H]1C[C@H](O)C(C)=C[C@H]1c1c(O)cc(CC#N)cc1O. The van der Waals surface area contributed by atoms with E-state index in [2.05, 4.69) is 6.58 Å². The van der Waals surface area contributed by atoms with Crippen LogP contribution in [-0.4, -0.2) is 21.4 Å². The molecule has 0 unspecified atom stereocenters. The minimum absolute atomic E-state index is 0.0260. The van der Waals surface area contributed by atoms with Gasteiger partial charge in [-0.2, -0.15) is 5.26 Å². The van der Waals surface area contributed by atoms with E-state index in [1.54, 1.807) is 0 Å². The van der Waals surface area contributed by atoms with Gasteiger partial charge in [0.25, 0.3) is 0 Å². The third kappa shape index (κ3) is 3.00. The topological polar surface area (TPSA) is 84.5 Å². The second-order valence-corrected chi connectivity index (χ2v) is 6.02. The van der Waals surface area contributed by atoms with Gasteiger partial charge in [-0.3, -0.25) is 0 Å². The van der Waals surface area contributed by atoms with Crippen molar-refractivity contribution < 1.29 is 15.3 Å². The van der Waals surface area contributed by atoms with Crippen LogP contribution in [0.25, 0.3) is 0 Å². The Hall–Kier alpha value is -2.25. The van der Waals surface area contributed by atoms with Crippen molar-refractivity contribution in [3.8, 4) is 17.6 Å². The number of aromatic hydroxyl groups is 2. The Balaban J connectivity index is 2.53. The largest absolute Gasteiger partial charge is 0.507 e. The maximum absolute atomic E-state index is 10.3. The van der Waals surface area contributed by atoms with Gasteiger partial charge in [0.1, 0.15) is 11.5 Å². The predicted molar refractivity (Wildman–Crippen MR) is 84.5 cm³/mol. The van der Waals surface area contributed by atoms with Crippen LogP contribution in [0.15, 0.2) is 35.9 Å². The van der Waals surface area contributed by atoms with Crippen LogP contribution >= 0.6 is 0 Å². The predicted octanol–water partition coefficient (Wildman–Crippen LogP) is 3.15. The molecule has 0 fully saturated rings. The molecule has 0 amide bonds. The second-order valence-electron chi connectivity index (χ2n) is 6.02. The lowest BCUT2D eigenvalue weighted by Gasteiger charge is -2.34. The number of aliphatic hydroxyl groups excluding tert-OH is 1. The summed E-state index contributed by atoms with van der Waals surface area (Å²) in [7, 11) is 0. The number of hydrogen-bond acceptors (Lipinski definition) is 4. The number of nitriles is 1. The highest BCUT2D eigenvalue weighted by molar-refractivity contribution is 5.52. The van der Waals surface area contributed by atoms with Crippen LogP contribution in [-0.2, 0) is 6.42 Å². The molecule has 1 aliphatic rings. The number of nitrogens with zero attached hydrogens (tertiary/aromatic N) is 1. The summed E-state index contributed by atoms with van der Waals surface area (Å²) < 4.78 is 0. The standard InChI is InChI=1S/C18H21NO3/c1-10(2)13-9-15(20)11(3)6-14(13)18-16(21)7-12(4-5-19)8-17(18)22/h6-8,13-15,20-22H,1,4,9H2,2-3H3/t13-,14+,15-/m0/s1. The lowest BCUT2D eigenvalue weighted by Crippen LogP contribution is -2.26. The fourth-order valence-electron chi connectivity index (χ4n) is 3.09. The first-order valence-electron chi connectivity index (χ1n) is 7.28. The molecule has 4 heteroatoms. The summed E-state index contributed by atoms with van der Waals surface area (Å²) in [6.07, 6.45) is 2.00. The number of hydrogen-bond donors (Lipinski definition) is 3. The van der Waals surface area contributed by atoms with E-state index in [1.807, 2.05) is 26.0 Å². The molecule has 0 saturated carbocycles. The van der Waals surface area contributed by atoms with Crippen molar-refractivity contribution in [1.29, 1.82) is 5.26 Å². The van der Waals surface area contributed by atoms with Crippen molar-refractivity contribution in [2.75, 3.05) is 0 Å². The van der Waals surface area contributed by atoms with Crippen LogP contribution in [0, 0.1) is 17.2 Å². The van der Waals surface area contributed by atoms with Crippen LogP contribution in [0.1, 0.15) is 37.3 Å². The summed E-state index contributed by atoms with van der Waals surface area (Å²) in [5.41, 5.74) is 2.72. The van der Waals surface area contributed by atoms with Gasteiger partial charge in [0, 0.05) is 11.5 Å². The van der Waals surface area contributed by atoms with Gasteiger partial charge in [-0.05, 0) is 49.5 Å². The normalized spacial score (nSPS) is 24.5. The van der Waals surface area contributed by atoms with E-state index in [0.29, 0.717) is 17.5 Å². The van der Waals surface area contributed by atoms with Gasteiger partial charge < -0.3 is 15.3 Å².